The van der Waals surface area contributed by atoms with E-state index in [1.807, 2.05) is 23.1 Å². The van der Waals surface area contributed by atoms with Crippen molar-refractivity contribution in [2.45, 2.75) is 43.0 Å². The van der Waals surface area contributed by atoms with Crippen molar-refractivity contribution in [2.24, 2.45) is 11.1 Å². The van der Waals surface area contributed by atoms with Gasteiger partial charge in [0.15, 0.2) is 0 Å². The van der Waals surface area contributed by atoms with Gasteiger partial charge in [-0.1, -0.05) is 49.2 Å². The summed E-state index contributed by atoms with van der Waals surface area (Å²) in [5.41, 5.74) is 2.97. The lowest BCUT2D eigenvalue weighted by Crippen LogP contribution is -2.40. The molecule has 7 heteroatoms. The molecule has 1 aliphatic carbocycles. The molecule has 154 valence electrons. The number of sulfonamides is 1. The molecule has 1 atom stereocenters. The van der Waals surface area contributed by atoms with E-state index < -0.39 is 10.0 Å². The fourth-order valence-corrected chi connectivity index (χ4v) is 5.12. The quantitative estimate of drug-likeness (QED) is 0.762. The van der Waals surface area contributed by atoms with E-state index >= 15 is 0 Å². The second-order valence-electron chi connectivity index (χ2n) is 8.01. The van der Waals surface area contributed by atoms with Crippen LogP contribution in [-0.4, -0.2) is 27.4 Å². The van der Waals surface area contributed by atoms with Crippen LogP contribution in [0.5, 0.6) is 0 Å². The van der Waals surface area contributed by atoms with Crippen LogP contribution in [0.3, 0.4) is 0 Å². The normalized spacial score (nSPS) is 17.9. The molecule has 0 saturated heterocycles. The van der Waals surface area contributed by atoms with Crippen LogP contribution in [0, 0.1) is 5.92 Å². The Labute approximate surface area is 172 Å². The van der Waals surface area contributed by atoms with Crippen LogP contribution >= 0.6 is 0 Å². The first-order chi connectivity index (χ1) is 13.9. The third kappa shape index (κ3) is 4.46. The lowest BCUT2D eigenvalue weighted by atomic mass is 9.91. The Morgan fingerprint density at radius 3 is 2.55 bits per heavy atom. The average Bonchev–Trinajstić information content (AvgIpc) is 3.36. The zero-order valence-corrected chi connectivity index (χ0v) is 17.2. The van der Waals surface area contributed by atoms with E-state index in [9.17, 15) is 13.2 Å². The van der Waals surface area contributed by atoms with Gasteiger partial charge >= 0.3 is 0 Å². The summed E-state index contributed by atoms with van der Waals surface area (Å²) >= 11 is 0. The first-order valence-corrected chi connectivity index (χ1v) is 11.7. The Hall–Kier alpha value is -2.38. The van der Waals surface area contributed by atoms with Crippen LogP contribution in [0.2, 0.25) is 0 Å². The highest BCUT2D eigenvalue weighted by atomic mass is 32.2. The Bertz CT molecular complexity index is 986. The first-order valence-electron chi connectivity index (χ1n) is 10.2. The van der Waals surface area contributed by atoms with Crippen LogP contribution in [0.4, 0.5) is 5.69 Å². The van der Waals surface area contributed by atoms with Crippen LogP contribution in [0.15, 0.2) is 53.4 Å². The van der Waals surface area contributed by atoms with Gasteiger partial charge in [-0.3, -0.25) is 4.79 Å². The zero-order valence-electron chi connectivity index (χ0n) is 16.4. The van der Waals surface area contributed by atoms with Crippen LogP contribution < -0.4 is 15.4 Å². The topological polar surface area (TPSA) is 92.5 Å². The van der Waals surface area contributed by atoms with Crippen LogP contribution in [-0.2, 0) is 21.2 Å². The molecule has 1 heterocycles. The van der Waals surface area contributed by atoms with Crippen molar-refractivity contribution in [1.82, 2.24) is 5.32 Å². The van der Waals surface area contributed by atoms with Gasteiger partial charge in [-0.2, -0.15) is 0 Å². The molecule has 1 unspecified atom stereocenters. The summed E-state index contributed by atoms with van der Waals surface area (Å²) in [5.74, 6) is 0.417. The van der Waals surface area contributed by atoms with Crippen LogP contribution in [0.25, 0.3) is 0 Å². The predicted octanol–water partition coefficient (Wildman–Crippen LogP) is 2.74. The summed E-state index contributed by atoms with van der Waals surface area (Å²) < 4.78 is 23.4. The monoisotopic (exact) mass is 413 g/mol. The Balaban J connectivity index is 1.50. The molecule has 2 aromatic carbocycles. The molecular weight excluding hydrogens is 386 g/mol. The third-order valence-electron chi connectivity index (χ3n) is 6.06. The fraction of sp³-hybridized carbons (Fsp3) is 0.409. The Morgan fingerprint density at radius 2 is 1.86 bits per heavy atom. The predicted molar refractivity (Wildman–Crippen MR) is 113 cm³/mol. The van der Waals surface area contributed by atoms with E-state index in [1.165, 1.54) is 18.9 Å². The second-order valence-corrected chi connectivity index (χ2v) is 9.57. The van der Waals surface area contributed by atoms with Crippen molar-refractivity contribution in [2.75, 3.05) is 18.0 Å². The molecule has 1 saturated carbocycles. The number of carbonyl (C=O) groups excluding carboxylic acids is 1. The van der Waals surface area contributed by atoms with Gasteiger partial charge in [0.1, 0.15) is 0 Å². The highest BCUT2D eigenvalue weighted by Gasteiger charge is 2.29. The van der Waals surface area contributed by atoms with E-state index in [0.717, 1.165) is 36.1 Å². The largest absolute Gasteiger partial charge is 0.362 e. The number of benzene rings is 2. The summed E-state index contributed by atoms with van der Waals surface area (Å²) in [7, 11) is -3.77. The maximum absolute atomic E-state index is 12.9. The molecule has 0 bridgehead atoms. The van der Waals surface area contributed by atoms with E-state index in [4.69, 9.17) is 5.14 Å². The number of hydrogen-bond acceptors (Lipinski definition) is 4. The number of amides is 1. The van der Waals surface area contributed by atoms with Gasteiger partial charge in [0, 0.05) is 12.2 Å². The Morgan fingerprint density at radius 1 is 1.14 bits per heavy atom. The smallest absolute Gasteiger partial charge is 0.240 e. The summed E-state index contributed by atoms with van der Waals surface area (Å²) in [6.45, 7) is 0.896. The number of primary sulfonamides is 1. The maximum Gasteiger partial charge on any atom is 0.240 e. The highest BCUT2D eigenvalue weighted by molar-refractivity contribution is 7.89. The average molecular weight is 414 g/mol. The molecule has 0 spiro atoms. The van der Waals surface area contributed by atoms with Crippen molar-refractivity contribution in [3.05, 3.63) is 59.7 Å². The van der Waals surface area contributed by atoms with Crippen LogP contribution in [0.1, 0.15) is 42.9 Å². The SMILES string of the molecule is NS(=O)(=O)c1ccc2c(c1)N(CC(=O)NC(c1ccccc1)C1CCCC1)CC2. The van der Waals surface area contributed by atoms with Gasteiger partial charge in [-0.25, -0.2) is 13.6 Å². The number of anilines is 1. The van der Waals surface area contributed by atoms with Crippen molar-refractivity contribution in [1.29, 1.82) is 0 Å². The van der Waals surface area contributed by atoms with Crippen molar-refractivity contribution >= 4 is 21.6 Å². The molecule has 0 radical (unpaired) electrons. The van der Waals surface area contributed by atoms with Crippen molar-refractivity contribution in [3.8, 4) is 0 Å². The number of hydrogen-bond donors (Lipinski definition) is 2. The van der Waals surface area contributed by atoms with Crippen molar-refractivity contribution in [3.63, 3.8) is 0 Å². The minimum atomic E-state index is -3.77. The van der Waals surface area contributed by atoms with Gasteiger partial charge in [0.25, 0.3) is 0 Å². The molecule has 1 fully saturated rings. The number of nitrogens with one attached hydrogen (secondary N) is 1. The third-order valence-corrected chi connectivity index (χ3v) is 6.97. The minimum absolute atomic E-state index is 0.0176. The maximum atomic E-state index is 12.9. The summed E-state index contributed by atoms with van der Waals surface area (Å²) in [5, 5.41) is 8.53. The highest BCUT2D eigenvalue weighted by Crippen LogP contribution is 2.36. The first kappa shape index (κ1) is 19.9. The van der Waals surface area contributed by atoms with Gasteiger partial charge < -0.3 is 10.2 Å². The van der Waals surface area contributed by atoms with Gasteiger partial charge in [-0.15, -0.1) is 0 Å². The van der Waals surface area contributed by atoms with E-state index in [0.29, 0.717) is 12.5 Å². The number of carbonyl (C=O) groups is 1. The molecule has 29 heavy (non-hydrogen) atoms. The number of rotatable bonds is 6. The van der Waals surface area contributed by atoms with E-state index in [-0.39, 0.29) is 23.4 Å². The fourth-order valence-electron chi connectivity index (χ4n) is 4.58. The molecule has 4 rings (SSSR count). The molecule has 3 N–H and O–H groups in total. The number of fused-ring (bicyclic) bond motifs is 1. The van der Waals surface area contributed by atoms with Gasteiger partial charge in [0.2, 0.25) is 15.9 Å². The molecule has 1 amide bonds. The molecule has 2 aliphatic rings. The van der Waals surface area contributed by atoms with E-state index in [1.54, 1.807) is 12.1 Å². The number of nitrogens with zero attached hydrogens (tertiary/aromatic N) is 1. The summed E-state index contributed by atoms with van der Waals surface area (Å²) in [6.07, 6.45) is 5.46. The Kier molecular flexibility index (Phi) is 5.61. The molecule has 2 aromatic rings. The van der Waals surface area contributed by atoms with Crippen molar-refractivity contribution < 1.29 is 13.2 Å². The van der Waals surface area contributed by atoms with Gasteiger partial charge in [0.05, 0.1) is 17.5 Å². The molecule has 6 nitrogen and oxygen atoms in total. The molecule has 0 aromatic heterocycles. The second kappa shape index (κ2) is 8.16. The number of nitrogens with two attached hydrogens (primary N) is 1. The lowest BCUT2D eigenvalue weighted by Gasteiger charge is -2.27. The summed E-state index contributed by atoms with van der Waals surface area (Å²) in [6, 6.07) is 15.1. The minimum Gasteiger partial charge on any atom is -0.362 e. The summed E-state index contributed by atoms with van der Waals surface area (Å²) in [4.78, 5) is 15.0. The molecular formula is C22H27N3O3S. The lowest BCUT2D eigenvalue weighted by molar-refractivity contribution is -0.120. The van der Waals surface area contributed by atoms with Gasteiger partial charge in [-0.05, 0) is 48.4 Å². The van der Waals surface area contributed by atoms with E-state index in [2.05, 4.69) is 17.4 Å². The standard InChI is InChI=1S/C22H27N3O3S/c23-29(27,28)19-11-10-16-12-13-25(20(16)14-19)15-21(26)24-22(18-8-4-5-9-18)17-6-2-1-3-7-17/h1-3,6-7,10-11,14,18,22H,4-5,8-9,12-13,15H2,(H,24,26)(H2,23,27,28). The molecule has 1 aliphatic heterocycles. The zero-order chi connectivity index (χ0) is 20.4.